The Labute approximate surface area is 117 Å². The number of nitrogens with zero attached hydrogens (tertiary/aromatic N) is 2. The third-order valence-corrected chi connectivity index (χ3v) is 5.10. The largest absolute Gasteiger partial charge is 0.315 e. The van der Waals surface area contributed by atoms with Crippen LogP contribution < -0.4 is 5.56 Å². The fraction of sp³-hybridized carbons (Fsp3) is 0.533. The average molecular weight is 276 g/mol. The molecule has 1 saturated heterocycles. The van der Waals surface area contributed by atoms with Crippen LogP contribution in [0.1, 0.15) is 25.7 Å². The molecule has 3 heterocycles. The molecule has 0 aliphatic carbocycles. The van der Waals surface area contributed by atoms with Crippen molar-refractivity contribution in [3.8, 4) is 0 Å². The summed E-state index contributed by atoms with van der Waals surface area (Å²) in [5.41, 5.74) is 0.164. The highest BCUT2D eigenvalue weighted by Crippen LogP contribution is 2.19. The van der Waals surface area contributed by atoms with Gasteiger partial charge in [-0.25, -0.2) is 0 Å². The van der Waals surface area contributed by atoms with E-state index in [1.807, 2.05) is 22.2 Å². The molecule has 0 amide bonds. The summed E-state index contributed by atoms with van der Waals surface area (Å²) >= 11 is 1.64. The van der Waals surface area contributed by atoms with Crippen LogP contribution >= 0.6 is 11.3 Å². The third kappa shape index (κ3) is 2.60. The Morgan fingerprint density at radius 2 is 2.26 bits per heavy atom. The van der Waals surface area contributed by atoms with Gasteiger partial charge in [-0.2, -0.15) is 0 Å². The van der Waals surface area contributed by atoms with Crippen molar-refractivity contribution < 1.29 is 0 Å². The van der Waals surface area contributed by atoms with Crippen molar-refractivity contribution in [2.24, 2.45) is 0 Å². The van der Waals surface area contributed by atoms with Crippen molar-refractivity contribution in [3.05, 3.63) is 34.1 Å². The first-order chi connectivity index (χ1) is 9.25. The van der Waals surface area contributed by atoms with Gasteiger partial charge in [0.05, 0.1) is 5.39 Å². The SMILES string of the molecule is CN1CCCCC1CCn1ccc2sccc2c1=O. The molecular formula is C15H20N2OS. The Morgan fingerprint density at radius 3 is 3.11 bits per heavy atom. The molecule has 1 atom stereocenters. The Kier molecular flexibility index (Phi) is 3.71. The van der Waals surface area contributed by atoms with Gasteiger partial charge in [-0.1, -0.05) is 6.42 Å². The summed E-state index contributed by atoms with van der Waals surface area (Å²) in [5.74, 6) is 0. The fourth-order valence-corrected chi connectivity index (χ4v) is 3.75. The molecule has 2 aromatic heterocycles. The second kappa shape index (κ2) is 5.47. The minimum absolute atomic E-state index is 0.164. The van der Waals surface area contributed by atoms with E-state index in [1.165, 1.54) is 25.8 Å². The van der Waals surface area contributed by atoms with Crippen molar-refractivity contribution in [3.63, 3.8) is 0 Å². The molecular weight excluding hydrogens is 256 g/mol. The van der Waals surface area contributed by atoms with Gasteiger partial charge in [0.15, 0.2) is 0 Å². The second-order valence-electron chi connectivity index (χ2n) is 5.43. The molecule has 1 unspecified atom stereocenters. The maximum Gasteiger partial charge on any atom is 0.259 e. The zero-order chi connectivity index (χ0) is 13.2. The number of rotatable bonds is 3. The van der Waals surface area contributed by atoms with Crippen LogP contribution in [0.2, 0.25) is 0 Å². The third-order valence-electron chi connectivity index (χ3n) is 4.22. The predicted octanol–water partition coefficient (Wildman–Crippen LogP) is 2.94. The quantitative estimate of drug-likeness (QED) is 0.861. The van der Waals surface area contributed by atoms with Gasteiger partial charge in [0.25, 0.3) is 5.56 Å². The summed E-state index contributed by atoms with van der Waals surface area (Å²) in [6.45, 7) is 2.03. The van der Waals surface area contributed by atoms with Gasteiger partial charge in [-0.15, -0.1) is 11.3 Å². The zero-order valence-corrected chi connectivity index (χ0v) is 12.2. The summed E-state index contributed by atoms with van der Waals surface area (Å²) in [6.07, 6.45) is 6.93. The van der Waals surface area contributed by atoms with Crippen LogP contribution in [0.4, 0.5) is 0 Å². The van der Waals surface area contributed by atoms with E-state index in [1.54, 1.807) is 11.3 Å². The molecule has 4 heteroatoms. The van der Waals surface area contributed by atoms with Gasteiger partial charge in [0.2, 0.25) is 0 Å². The molecule has 0 spiro atoms. The van der Waals surface area contributed by atoms with Crippen LogP contribution in [0.3, 0.4) is 0 Å². The van der Waals surface area contributed by atoms with Crippen molar-refractivity contribution >= 4 is 21.4 Å². The molecule has 3 nitrogen and oxygen atoms in total. The minimum atomic E-state index is 0.164. The molecule has 0 radical (unpaired) electrons. The van der Waals surface area contributed by atoms with E-state index in [0.717, 1.165) is 23.1 Å². The van der Waals surface area contributed by atoms with E-state index in [-0.39, 0.29) is 5.56 Å². The van der Waals surface area contributed by atoms with Crippen LogP contribution in [0.5, 0.6) is 0 Å². The molecule has 1 aliphatic heterocycles. The number of fused-ring (bicyclic) bond motifs is 1. The molecule has 102 valence electrons. The number of thiophene rings is 1. The zero-order valence-electron chi connectivity index (χ0n) is 11.3. The summed E-state index contributed by atoms with van der Waals surface area (Å²) in [5, 5.41) is 2.86. The molecule has 1 aliphatic rings. The molecule has 0 bridgehead atoms. The number of piperidine rings is 1. The minimum Gasteiger partial charge on any atom is -0.315 e. The maximum atomic E-state index is 12.3. The van der Waals surface area contributed by atoms with Crippen molar-refractivity contribution in [2.75, 3.05) is 13.6 Å². The van der Waals surface area contributed by atoms with Gasteiger partial charge in [-0.3, -0.25) is 4.79 Å². The number of hydrogen-bond donors (Lipinski definition) is 0. The number of aromatic nitrogens is 1. The Hall–Kier alpha value is -1.13. The number of hydrogen-bond acceptors (Lipinski definition) is 3. The smallest absolute Gasteiger partial charge is 0.259 e. The highest BCUT2D eigenvalue weighted by Gasteiger charge is 2.18. The van der Waals surface area contributed by atoms with Crippen LogP contribution in [0, 0.1) is 0 Å². The summed E-state index contributed by atoms with van der Waals surface area (Å²) < 4.78 is 2.97. The first kappa shape index (κ1) is 12.9. The standard InChI is InChI=1S/C15H20N2OS/c1-16-8-3-2-4-12(16)5-9-17-10-6-14-13(15(17)18)7-11-19-14/h6-7,10-12H,2-5,8-9H2,1H3. The second-order valence-corrected chi connectivity index (χ2v) is 6.38. The molecule has 2 aromatic rings. The van der Waals surface area contributed by atoms with Crippen molar-refractivity contribution in [2.45, 2.75) is 38.3 Å². The normalized spacial score (nSPS) is 21.0. The van der Waals surface area contributed by atoms with Gasteiger partial charge in [0.1, 0.15) is 0 Å². The molecule has 0 aromatic carbocycles. The summed E-state index contributed by atoms with van der Waals surface area (Å²) in [6, 6.07) is 4.64. The Morgan fingerprint density at radius 1 is 1.37 bits per heavy atom. The van der Waals surface area contributed by atoms with E-state index >= 15 is 0 Å². The lowest BCUT2D eigenvalue weighted by Crippen LogP contribution is -2.37. The van der Waals surface area contributed by atoms with Gasteiger partial charge < -0.3 is 9.47 Å². The van der Waals surface area contributed by atoms with E-state index in [9.17, 15) is 4.79 Å². The molecule has 19 heavy (non-hydrogen) atoms. The van der Waals surface area contributed by atoms with E-state index in [2.05, 4.69) is 18.0 Å². The van der Waals surface area contributed by atoms with Crippen LogP contribution in [0.15, 0.2) is 28.5 Å². The number of likely N-dealkylation sites (tertiary alicyclic amines) is 1. The van der Waals surface area contributed by atoms with Crippen LogP contribution in [0.25, 0.3) is 10.1 Å². The lowest BCUT2D eigenvalue weighted by molar-refractivity contribution is 0.171. The first-order valence-corrected chi connectivity index (χ1v) is 7.90. The molecule has 1 fully saturated rings. The number of aryl methyl sites for hydroxylation is 1. The highest BCUT2D eigenvalue weighted by molar-refractivity contribution is 7.17. The van der Waals surface area contributed by atoms with Crippen LogP contribution in [-0.2, 0) is 6.54 Å². The van der Waals surface area contributed by atoms with Gasteiger partial charge in [0, 0.05) is 23.5 Å². The van der Waals surface area contributed by atoms with Gasteiger partial charge >= 0.3 is 0 Å². The van der Waals surface area contributed by atoms with Crippen LogP contribution in [-0.4, -0.2) is 29.1 Å². The number of pyridine rings is 1. The molecule has 0 saturated carbocycles. The van der Waals surface area contributed by atoms with E-state index in [0.29, 0.717) is 6.04 Å². The fourth-order valence-electron chi connectivity index (χ4n) is 2.98. The predicted molar refractivity (Wildman–Crippen MR) is 81.0 cm³/mol. The monoisotopic (exact) mass is 276 g/mol. The highest BCUT2D eigenvalue weighted by atomic mass is 32.1. The summed E-state index contributed by atoms with van der Waals surface area (Å²) in [4.78, 5) is 14.7. The first-order valence-electron chi connectivity index (χ1n) is 7.02. The Balaban J connectivity index is 1.74. The van der Waals surface area contributed by atoms with Crippen molar-refractivity contribution in [1.29, 1.82) is 0 Å². The van der Waals surface area contributed by atoms with E-state index < -0.39 is 0 Å². The summed E-state index contributed by atoms with van der Waals surface area (Å²) in [7, 11) is 2.20. The molecule has 3 rings (SSSR count). The van der Waals surface area contributed by atoms with Crippen molar-refractivity contribution in [1.82, 2.24) is 9.47 Å². The topological polar surface area (TPSA) is 25.2 Å². The maximum absolute atomic E-state index is 12.3. The lowest BCUT2D eigenvalue weighted by Gasteiger charge is -2.32. The van der Waals surface area contributed by atoms with E-state index in [4.69, 9.17) is 0 Å². The van der Waals surface area contributed by atoms with Gasteiger partial charge in [-0.05, 0) is 50.4 Å². The lowest BCUT2D eigenvalue weighted by atomic mass is 10.0. The molecule has 0 N–H and O–H groups in total. The Bertz CT molecular complexity index is 616. The average Bonchev–Trinajstić information content (AvgIpc) is 2.89.